The molecule has 1 aromatic rings. The number of hydrogen-bond donors (Lipinski definition) is 1. The van der Waals surface area contributed by atoms with E-state index < -0.39 is 0 Å². The van der Waals surface area contributed by atoms with E-state index >= 15 is 0 Å². The van der Waals surface area contributed by atoms with E-state index in [2.05, 4.69) is 17.0 Å². The molecule has 0 bridgehead atoms. The number of benzene rings is 1. The number of thioether (sulfide) groups is 1. The molecule has 5 heteroatoms. The lowest BCUT2D eigenvalue weighted by Gasteiger charge is -2.26. The van der Waals surface area contributed by atoms with Crippen molar-refractivity contribution >= 4 is 17.7 Å². The molecule has 1 N–H and O–H groups in total. The Balaban J connectivity index is 1.81. The minimum atomic E-state index is -0.374. The zero-order valence-electron chi connectivity index (χ0n) is 12.7. The third kappa shape index (κ3) is 5.02. The van der Waals surface area contributed by atoms with Gasteiger partial charge >= 0.3 is 0 Å². The van der Waals surface area contributed by atoms with E-state index in [1.165, 1.54) is 4.90 Å². The number of carbonyl (C=O) groups excluding carboxylic acids is 1. The number of rotatable bonds is 6. The molecule has 116 valence electrons. The molecule has 1 aliphatic rings. The fourth-order valence-electron chi connectivity index (χ4n) is 2.71. The first kappa shape index (κ1) is 16.3. The molecule has 2 rings (SSSR count). The van der Waals surface area contributed by atoms with Gasteiger partial charge < -0.3 is 14.9 Å². The van der Waals surface area contributed by atoms with E-state index in [4.69, 9.17) is 0 Å². The quantitative estimate of drug-likeness (QED) is 0.812. The van der Waals surface area contributed by atoms with Crippen LogP contribution in [0.2, 0.25) is 0 Å². The van der Waals surface area contributed by atoms with Crippen LogP contribution in [0.4, 0.5) is 0 Å². The summed E-state index contributed by atoms with van der Waals surface area (Å²) >= 11 is 1.70. The van der Waals surface area contributed by atoms with Crippen molar-refractivity contribution in [2.24, 2.45) is 0 Å². The van der Waals surface area contributed by atoms with Crippen LogP contribution < -0.4 is 0 Å². The number of aliphatic hydroxyl groups is 1. The molecular weight excluding hydrogens is 284 g/mol. The molecule has 0 spiro atoms. The average molecular weight is 308 g/mol. The van der Waals surface area contributed by atoms with Gasteiger partial charge in [0.1, 0.15) is 0 Å². The summed E-state index contributed by atoms with van der Waals surface area (Å²) in [5.74, 6) is 0.936. The van der Waals surface area contributed by atoms with Crippen LogP contribution in [0, 0.1) is 0 Å². The predicted octanol–water partition coefficient (Wildman–Crippen LogP) is 1.69. The molecule has 0 saturated carbocycles. The standard InChI is InChI=1S/C16H24N2O2S/c1-17(2)11-13-10-14(19)12-18(13)16(20)8-9-21-15-6-4-3-5-7-15/h3-7,13-14,19H,8-12H2,1-2H3. The SMILES string of the molecule is CN(C)CC1CC(O)CN1C(=O)CCSc1ccccc1. The minimum Gasteiger partial charge on any atom is -0.391 e. The van der Waals surface area contributed by atoms with Crippen molar-refractivity contribution in [2.45, 2.75) is 29.9 Å². The van der Waals surface area contributed by atoms with Gasteiger partial charge in [-0.15, -0.1) is 11.8 Å². The highest BCUT2D eigenvalue weighted by molar-refractivity contribution is 7.99. The van der Waals surface area contributed by atoms with Gasteiger partial charge in [-0.25, -0.2) is 0 Å². The fourth-order valence-corrected chi connectivity index (χ4v) is 3.57. The maximum Gasteiger partial charge on any atom is 0.223 e. The monoisotopic (exact) mass is 308 g/mol. The Hall–Kier alpha value is -1.04. The lowest BCUT2D eigenvalue weighted by molar-refractivity contribution is -0.132. The molecule has 1 amide bonds. The molecule has 0 radical (unpaired) electrons. The van der Waals surface area contributed by atoms with Crippen molar-refractivity contribution in [3.8, 4) is 0 Å². The summed E-state index contributed by atoms with van der Waals surface area (Å²) in [5, 5.41) is 9.82. The van der Waals surface area contributed by atoms with Gasteiger partial charge in [-0.3, -0.25) is 4.79 Å². The molecule has 1 saturated heterocycles. The van der Waals surface area contributed by atoms with Crippen molar-refractivity contribution in [1.29, 1.82) is 0 Å². The Morgan fingerprint density at radius 2 is 2.10 bits per heavy atom. The Morgan fingerprint density at radius 3 is 2.76 bits per heavy atom. The van der Waals surface area contributed by atoms with E-state index in [0.717, 1.165) is 12.3 Å². The molecule has 1 aliphatic heterocycles. The number of hydrogen-bond acceptors (Lipinski definition) is 4. The lowest BCUT2D eigenvalue weighted by Crippen LogP contribution is -2.41. The van der Waals surface area contributed by atoms with E-state index in [0.29, 0.717) is 19.4 Å². The summed E-state index contributed by atoms with van der Waals surface area (Å²) in [7, 11) is 4.00. The van der Waals surface area contributed by atoms with Gasteiger partial charge in [0, 0.05) is 36.2 Å². The van der Waals surface area contributed by atoms with Crippen molar-refractivity contribution < 1.29 is 9.90 Å². The highest BCUT2D eigenvalue weighted by Gasteiger charge is 2.33. The largest absolute Gasteiger partial charge is 0.391 e. The minimum absolute atomic E-state index is 0.143. The Kier molecular flexibility index (Phi) is 6.08. The molecule has 0 aliphatic carbocycles. The van der Waals surface area contributed by atoms with Gasteiger partial charge in [-0.05, 0) is 32.6 Å². The van der Waals surface area contributed by atoms with Crippen LogP contribution in [0.1, 0.15) is 12.8 Å². The van der Waals surface area contributed by atoms with Gasteiger partial charge in [0.25, 0.3) is 0 Å². The number of likely N-dealkylation sites (tertiary alicyclic amines) is 1. The number of β-amino-alcohol motifs (C(OH)–C–C–N with tert-alkyl or cyclic N) is 1. The fraction of sp³-hybridized carbons (Fsp3) is 0.562. The van der Waals surface area contributed by atoms with Crippen molar-refractivity contribution in [2.75, 3.05) is 32.9 Å². The summed E-state index contributed by atoms with van der Waals surface area (Å²) < 4.78 is 0. The number of likely N-dealkylation sites (N-methyl/N-ethyl adjacent to an activating group) is 1. The molecule has 0 aromatic heterocycles. The van der Waals surface area contributed by atoms with E-state index in [1.807, 2.05) is 37.2 Å². The summed E-state index contributed by atoms with van der Waals surface area (Å²) in [6.07, 6.45) is 0.840. The zero-order chi connectivity index (χ0) is 15.2. The number of carbonyl (C=O) groups is 1. The first-order chi connectivity index (χ1) is 10.1. The summed E-state index contributed by atoms with van der Waals surface area (Å²) in [6, 6.07) is 10.3. The van der Waals surface area contributed by atoms with Crippen LogP contribution in [-0.2, 0) is 4.79 Å². The number of nitrogens with zero attached hydrogens (tertiary/aromatic N) is 2. The van der Waals surface area contributed by atoms with Crippen LogP contribution in [-0.4, -0.2) is 65.9 Å². The average Bonchev–Trinajstić information content (AvgIpc) is 2.80. The molecule has 2 unspecified atom stereocenters. The molecule has 1 aromatic carbocycles. The predicted molar refractivity (Wildman–Crippen MR) is 86.5 cm³/mol. The topological polar surface area (TPSA) is 43.8 Å². The molecular formula is C16H24N2O2S. The van der Waals surface area contributed by atoms with Crippen molar-refractivity contribution in [3.05, 3.63) is 30.3 Å². The first-order valence-corrected chi connectivity index (χ1v) is 8.35. The van der Waals surface area contributed by atoms with Gasteiger partial charge in [0.05, 0.1) is 6.10 Å². The number of amides is 1. The molecule has 1 fully saturated rings. The van der Waals surface area contributed by atoms with E-state index in [1.54, 1.807) is 11.8 Å². The Morgan fingerprint density at radius 1 is 1.38 bits per heavy atom. The second-order valence-corrected chi connectivity index (χ2v) is 6.93. The summed E-state index contributed by atoms with van der Waals surface area (Å²) in [4.78, 5) is 17.5. The van der Waals surface area contributed by atoms with Crippen molar-refractivity contribution in [3.63, 3.8) is 0 Å². The third-order valence-electron chi connectivity index (χ3n) is 3.62. The summed E-state index contributed by atoms with van der Waals surface area (Å²) in [6.45, 7) is 1.29. The number of aliphatic hydroxyl groups excluding tert-OH is 1. The third-order valence-corrected chi connectivity index (χ3v) is 4.63. The normalized spacial score (nSPS) is 22.0. The maximum absolute atomic E-state index is 12.4. The molecule has 21 heavy (non-hydrogen) atoms. The van der Waals surface area contributed by atoms with E-state index in [-0.39, 0.29) is 18.1 Å². The molecule has 2 atom stereocenters. The van der Waals surface area contributed by atoms with Crippen LogP contribution in [0.15, 0.2) is 35.2 Å². The molecule has 1 heterocycles. The van der Waals surface area contributed by atoms with Crippen molar-refractivity contribution in [1.82, 2.24) is 9.80 Å². The van der Waals surface area contributed by atoms with Gasteiger partial charge in [0.2, 0.25) is 5.91 Å². The highest BCUT2D eigenvalue weighted by atomic mass is 32.2. The zero-order valence-corrected chi connectivity index (χ0v) is 13.6. The highest BCUT2D eigenvalue weighted by Crippen LogP contribution is 2.22. The van der Waals surface area contributed by atoms with E-state index in [9.17, 15) is 9.90 Å². The van der Waals surface area contributed by atoms with Crippen LogP contribution >= 0.6 is 11.8 Å². The first-order valence-electron chi connectivity index (χ1n) is 7.36. The van der Waals surface area contributed by atoms with Crippen LogP contribution in [0.3, 0.4) is 0 Å². The Labute approximate surface area is 131 Å². The molecule has 4 nitrogen and oxygen atoms in total. The second-order valence-electron chi connectivity index (χ2n) is 5.76. The maximum atomic E-state index is 12.4. The van der Waals surface area contributed by atoms with Gasteiger partial charge in [0.15, 0.2) is 0 Å². The summed E-state index contributed by atoms with van der Waals surface area (Å²) in [5.41, 5.74) is 0. The van der Waals surface area contributed by atoms with Crippen LogP contribution in [0.25, 0.3) is 0 Å². The van der Waals surface area contributed by atoms with Gasteiger partial charge in [-0.1, -0.05) is 18.2 Å². The van der Waals surface area contributed by atoms with Gasteiger partial charge in [-0.2, -0.15) is 0 Å². The van der Waals surface area contributed by atoms with Crippen LogP contribution in [0.5, 0.6) is 0 Å². The second kappa shape index (κ2) is 7.82. The smallest absolute Gasteiger partial charge is 0.223 e. The lowest BCUT2D eigenvalue weighted by atomic mass is 10.2. The Bertz CT molecular complexity index is 453.